The van der Waals surface area contributed by atoms with Gasteiger partial charge in [-0.3, -0.25) is 9.59 Å². The molecule has 0 saturated carbocycles. The number of nitrogens with zero attached hydrogens (tertiary/aromatic N) is 1. The van der Waals surface area contributed by atoms with Crippen LogP contribution in [0, 0.1) is 11.8 Å². The first kappa shape index (κ1) is 12.7. The van der Waals surface area contributed by atoms with Crippen molar-refractivity contribution in [3.63, 3.8) is 0 Å². The molecule has 0 aromatic heterocycles. The van der Waals surface area contributed by atoms with E-state index in [1.54, 1.807) is 4.90 Å². The third-order valence-electron chi connectivity index (χ3n) is 2.73. The summed E-state index contributed by atoms with van der Waals surface area (Å²) in [5, 5.41) is 2.90. The van der Waals surface area contributed by atoms with Gasteiger partial charge < -0.3 is 10.2 Å². The predicted molar refractivity (Wildman–Crippen MR) is 62.7 cm³/mol. The maximum Gasteiger partial charge on any atom is 0.245 e. The molecule has 4 heteroatoms. The second kappa shape index (κ2) is 5.68. The first-order chi connectivity index (χ1) is 7.54. The molecule has 1 rings (SSSR count). The largest absolute Gasteiger partial charge is 0.356 e. The van der Waals surface area contributed by atoms with Gasteiger partial charge in [0, 0.05) is 19.6 Å². The molecule has 1 fully saturated rings. The number of carbonyl (C=O) groups is 2. The minimum absolute atomic E-state index is 0.0531. The van der Waals surface area contributed by atoms with Gasteiger partial charge in [-0.25, -0.2) is 0 Å². The van der Waals surface area contributed by atoms with Crippen LogP contribution in [0.4, 0.5) is 0 Å². The lowest BCUT2D eigenvalue weighted by Gasteiger charge is -2.14. The van der Waals surface area contributed by atoms with Crippen LogP contribution in [0.2, 0.25) is 0 Å². The van der Waals surface area contributed by atoms with Gasteiger partial charge in [-0.2, -0.15) is 0 Å². The summed E-state index contributed by atoms with van der Waals surface area (Å²) >= 11 is 0. The van der Waals surface area contributed by atoms with Gasteiger partial charge in [0.25, 0.3) is 0 Å². The summed E-state index contributed by atoms with van der Waals surface area (Å²) in [7, 11) is 0. The Morgan fingerprint density at radius 2 is 2.25 bits per heavy atom. The van der Waals surface area contributed by atoms with E-state index in [9.17, 15) is 9.59 Å². The molecule has 0 bridgehead atoms. The van der Waals surface area contributed by atoms with Gasteiger partial charge in [0.15, 0.2) is 0 Å². The summed E-state index contributed by atoms with van der Waals surface area (Å²) in [6.45, 7) is 9.44. The summed E-state index contributed by atoms with van der Waals surface area (Å²) in [5.41, 5.74) is 0. The number of rotatable bonds is 4. The molecule has 1 unspecified atom stereocenters. The van der Waals surface area contributed by atoms with Crippen molar-refractivity contribution in [2.75, 3.05) is 19.6 Å². The fourth-order valence-corrected chi connectivity index (χ4v) is 1.75. The molecule has 0 aliphatic carbocycles. The van der Waals surface area contributed by atoms with Crippen molar-refractivity contribution >= 4 is 11.8 Å². The number of carbonyl (C=O) groups excluding carboxylic acids is 2. The van der Waals surface area contributed by atoms with Crippen molar-refractivity contribution in [3.05, 3.63) is 12.7 Å². The van der Waals surface area contributed by atoms with Gasteiger partial charge in [0.2, 0.25) is 11.8 Å². The average Bonchev–Trinajstić information content (AvgIpc) is 2.74. The molecular formula is C12H20N2O2. The Morgan fingerprint density at radius 3 is 2.81 bits per heavy atom. The molecule has 16 heavy (non-hydrogen) atoms. The highest BCUT2D eigenvalue weighted by atomic mass is 16.2. The summed E-state index contributed by atoms with van der Waals surface area (Å²) < 4.78 is 0. The molecule has 1 heterocycles. The molecule has 0 radical (unpaired) electrons. The normalized spacial score (nSPS) is 19.9. The fraction of sp³-hybridized carbons (Fsp3) is 0.667. The zero-order valence-corrected chi connectivity index (χ0v) is 10.0. The fourth-order valence-electron chi connectivity index (χ4n) is 1.75. The standard InChI is InChI=1S/C12H20N2O2/c1-4-11(15)14-6-5-10(8-14)12(16)13-7-9(2)3/h4,9-10H,1,5-8H2,2-3H3,(H,13,16). The lowest BCUT2D eigenvalue weighted by atomic mass is 10.1. The smallest absolute Gasteiger partial charge is 0.245 e. The summed E-state index contributed by atoms with van der Waals surface area (Å²) in [6.07, 6.45) is 2.05. The van der Waals surface area contributed by atoms with E-state index in [1.807, 2.05) is 0 Å². The molecule has 2 amide bonds. The van der Waals surface area contributed by atoms with E-state index < -0.39 is 0 Å². The highest BCUT2D eigenvalue weighted by molar-refractivity contribution is 5.88. The number of hydrogen-bond acceptors (Lipinski definition) is 2. The second-order valence-electron chi connectivity index (χ2n) is 4.61. The Balaban J connectivity index is 2.37. The Labute approximate surface area is 96.7 Å². The third-order valence-corrected chi connectivity index (χ3v) is 2.73. The number of hydrogen-bond donors (Lipinski definition) is 1. The van der Waals surface area contributed by atoms with Crippen LogP contribution in [0.25, 0.3) is 0 Å². The third kappa shape index (κ3) is 3.36. The Bertz CT molecular complexity index is 287. The minimum Gasteiger partial charge on any atom is -0.356 e. The lowest BCUT2D eigenvalue weighted by molar-refractivity contribution is -0.126. The highest BCUT2D eigenvalue weighted by Crippen LogP contribution is 2.16. The molecule has 1 aliphatic rings. The second-order valence-corrected chi connectivity index (χ2v) is 4.61. The van der Waals surface area contributed by atoms with Crippen LogP contribution in [-0.2, 0) is 9.59 Å². The van der Waals surface area contributed by atoms with Crippen molar-refractivity contribution in [3.8, 4) is 0 Å². The van der Waals surface area contributed by atoms with Crippen LogP contribution < -0.4 is 5.32 Å². The van der Waals surface area contributed by atoms with Gasteiger partial charge in [-0.1, -0.05) is 20.4 Å². The zero-order chi connectivity index (χ0) is 12.1. The molecule has 90 valence electrons. The number of likely N-dealkylation sites (tertiary alicyclic amines) is 1. The molecule has 1 aliphatic heterocycles. The Kier molecular flexibility index (Phi) is 4.52. The van der Waals surface area contributed by atoms with Crippen LogP contribution in [0.5, 0.6) is 0 Å². The highest BCUT2D eigenvalue weighted by Gasteiger charge is 2.29. The predicted octanol–water partition coefficient (Wildman–Crippen LogP) is 0.793. The van der Waals surface area contributed by atoms with Crippen LogP contribution in [-0.4, -0.2) is 36.3 Å². The molecule has 1 atom stereocenters. The Hall–Kier alpha value is -1.32. The molecule has 1 N–H and O–H groups in total. The van der Waals surface area contributed by atoms with E-state index in [0.717, 1.165) is 6.42 Å². The summed E-state index contributed by atoms with van der Waals surface area (Å²) in [6, 6.07) is 0. The van der Waals surface area contributed by atoms with E-state index in [-0.39, 0.29) is 17.7 Å². The van der Waals surface area contributed by atoms with Crippen LogP contribution in [0.15, 0.2) is 12.7 Å². The molecule has 1 saturated heterocycles. The zero-order valence-electron chi connectivity index (χ0n) is 10.0. The SMILES string of the molecule is C=CC(=O)N1CCC(C(=O)NCC(C)C)C1. The van der Waals surface area contributed by atoms with Gasteiger partial charge >= 0.3 is 0 Å². The average molecular weight is 224 g/mol. The minimum atomic E-state index is -0.0841. The molecule has 0 aromatic rings. The quantitative estimate of drug-likeness (QED) is 0.718. The van der Waals surface area contributed by atoms with Crippen molar-refractivity contribution in [1.82, 2.24) is 10.2 Å². The van der Waals surface area contributed by atoms with Crippen LogP contribution in [0.1, 0.15) is 20.3 Å². The first-order valence-electron chi connectivity index (χ1n) is 5.73. The molecule has 0 spiro atoms. The lowest BCUT2D eigenvalue weighted by Crippen LogP contribution is -2.35. The first-order valence-corrected chi connectivity index (χ1v) is 5.73. The van der Waals surface area contributed by atoms with Crippen molar-refractivity contribution in [1.29, 1.82) is 0 Å². The summed E-state index contributed by atoms with van der Waals surface area (Å²) in [4.78, 5) is 24.7. The van der Waals surface area contributed by atoms with Gasteiger partial charge in [-0.05, 0) is 18.4 Å². The van der Waals surface area contributed by atoms with Crippen molar-refractivity contribution in [2.24, 2.45) is 11.8 Å². The molecular weight excluding hydrogens is 204 g/mol. The van der Waals surface area contributed by atoms with Gasteiger partial charge in [-0.15, -0.1) is 0 Å². The maximum absolute atomic E-state index is 11.7. The number of nitrogens with one attached hydrogen (secondary N) is 1. The van der Waals surface area contributed by atoms with Crippen LogP contribution >= 0.6 is 0 Å². The van der Waals surface area contributed by atoms with Crippen molar-refractivity contribution in [2.45, 2.75) is 20.3 Å². The Morgan fingerprint density at radius 1 is 1.56 bits per heavy atom. The van der Waals surface area contributed by atoms with E-state index >= 15 is 0 Å². The molecule has 0 aromatic carbocycles. The maximum atomic E-state index is 11.7. The van der Waals surface area contributed by atoms with Crippen LogP contribution in [0.3, 0.4) is 0 Å². The van der Waals surface area contributed by atoms with E-state index in [4.69, 9.17) is 0 Å². The van der Waals surface area contributed by atoms with E-state index in [0.29, 0.717) is 25.6 Å². The van der Waals surface area contributed by atoms with E-state index in [2.05, 4.69) is 25.7 Å². The summed E-state index contributed by atoms with van der Waals surface area (Å²) in [5.74, 6) is 0.381. The van der Waals surface area contributed by atoms with E-state index in [1.165, 1.54) is 6.08 Å². The van der Waals surface area contributed by atoms with Gasteiger partial charge in [0.1, 0.15) is 0 Å². The number of amides is 2. The molecule has 4 nitrogen and oxygen atoms in total. The monoisotopic (exact) mass is 224 g/mol. The topological polar surface area (TPSA) is 49.4 Å². The van der Waals surface area contributed by atoms with Crippen molar-refractivity contribution < 1.29 is 9.59 Å². The van der Waals surface area contributed by atoms with Gasteiger partial charge in [0.05, 0.1) is 5.92 Å².